The summed E-state index contributed by atoms with van der Waals surface area (Å²) in [5.41, 5.74) is 8.34. The number of anilines is 3. The molecule has 2 aromatic heterocycles. The average Bonchev–Trinajstić information content (AvgIpc) is 3.80. The first kappa shape index (κ1) is 30.4. The standard InChI is InChI=1S/C50H31NS2/c1-3-12-39-33(9-1)11-7-15-40(39)35-21-27-38(28-22-35)51(45-16-8-18-48-49(45)43-14-5-6-17-46(43)52-48)37-25-19-32(20-26-37)36-24-30-47-44(31-36)42-29-23-34-10-2-4-13-41(34)50(42)53-47/h1-31H. The Hall–Kier alpha value is -6.26. The molecule has 0 radical (unpaired) electrons. The molecule has 0 saturated carbocycles. The van der Waals surface area contributed by atoms with E-state index in [1.165, 1.54) is 89.8 Å². The van der Waals surface area contributed by atoms with Gasteiger partial charge in [0.15, 0.2) is 0 Å². The van der Waals surface area contributed by atoms with E-state index in [1.54, 1.807) is 0 Å². The van der Waals surface area contributed by atoms with Gasteiger partial charge in [-0.15, -0.1) is 22.7 Å². The maximum Gasteiger partial charge on any atom is 0.0554 e. The Balaban J connectivity index is 1.04. The van der Waals surface area contributed by atoms with Crippen molar-refractivity contribution in [1.29, 1.82) is 0 Å². The minimum atomic E-state index is 1.13. The van der Waals surface area contributed by atoms with Crippen LogP contribution in [0.4, 0.5) is 17.1 Å². The number of benzene rings is 9. The lowest BCUT2D eigenvalue weighted by molar-refractivity contribution is 1.30. The summed E-state index contributed by atoms with van der Waals surface area (Å²) in [6.45, 7) is 0. The van der Waals surface area contributed by atoms with Crippen LogP contribution in [0.2, 0.25) is 0 Å². The summed E-state index contributed by atoms with van der Waals surface area (Å²) in [4.78, 5) is 2.43. The van der Waals surface area contributed by atoms with Crippen LogP contribution in [-0.2, 0) is 0 Å². The average molecular weight is 710 g/mol. The van der Waals surface area contributed by atoms with Crippen LogP contribution in [0.15, 0.2) is 188 Å². The van der Waals surface area contributed by atoms with Crippen molar-refractivity contribution in [1.82, 2.24) is 0 Å². The van der Waals surface area contributed by atoms with Crippen LogP contribution in [0.3, 0.4) is 0 Å². The molecule has 0 N–H and O–H groups in total. The molecule has 0 bridgehead atoms. The van der Waals surface area contributed by atoms with Gasteiger partial charge in [-0.3, -0.25) is 0 Å². The van der Waals surface area contributed by atoms with Crippen molar-refractivity contribution in [2.75, 3.05) is 4.90 Å². The normalized spacial score (nSPS) is 11.8. The van der Waals surface area contributed by atoms with Crippen molar-refractivity contribution in [2.24, 2.45) is 0 Å². The lowest BCUT2D eigenvalue weighted by Crippen LogP contribution is -2.10. The lowest BCUT2D eigenvalue weighted by Gasteiger charge is -2.27. The highest BCUT2D eigenvalue weighted by atomic mass is 32.1. The largest absolute Gasteiger partial charge is 0.310 e. The molecule has 3 heteroatoms. The second kappa shape index (κ2) is 12.2. The third-order valence-electron chi connectivity index (χ3n) is 10.7. The van der Waals surface area contributed by atoms with E-state index in [9.17, 15) is 0 Å². The predicted octanol–water partition coefficient (Wildman–Crippen LogP) is 15.5. The molecular formula is C50H31NS2. The predicted molar refractivity (Wildman–Crippen MR) is 233 cm³/mol. The van der Waals surface area contributed by atoms with Crippen LogP contribution in [0.25, 0.3) is 84.1 Å². The Kier molecular flexibility index (Phi) is 6.97. The molecule has 0 saturated heterocycles. The van der Waals surface area contributed by atoms with Crippen molar-refractivity contribution in [2.45, 2.75) is 0 Å². The molecule has 0 aliphatic rings. The topological polar surface area (TPSA) is 3.24 Å². The summed E-state index contributed by atoms with van der Waals surface area (Å²) >= 11 is 3.75. The maximum absolute atomic E-state index is 2.43. The number of hydrogen-bond acceptors (Lipinski definition) is 3. The summed E-state index contributed by atoms with van der Waals surface area (Å²) in [5, 5.41) is 10.4. The van der Waals surface area contributed by atoms with Crippen LogP contribution >= 0.6 is 22.7 Å². The Bertz CT molecular complexity index is 3160. The summed E-state index contributed by atoms with van der Waals surface area (Å²) in [5.74, 6) is 0. The summed E-state index contributed by atoms with van der Waals surface area (Å²) in [6, 6.07) is 69.1. The molecule has 11 aromatic rings. The van der Waals surface area contributed by atoms with E-state index in [-0.39, 0.29) is 0 Å². The van der Waals surface area contributed by atoms with Crippen LogP contribution in [-0.4, -0.2) is 0 Å². The molecule has 2 heterocycles. The molecule has 9 aromatic carbocycles. The van der Waals surface area contributed by atoms with Gasteiger partial charge in [-0.1, -0.05) is 133 Å². The van der Waals surface area contributed by atoms with Crippen LogP contribution in [0, 0.1) is 0 Å². The van der Waals surface area contributed by atoms with Gasteiger partial charge in [0.25, 0.3) is 0 Å². The van der Waals surface area contributed by atoms with E-state index in [0.29, 0.717) is 0 Å². The van der Waals surface area contributed by atoms with E-state index < -0.39 is 0 Å². The van der Waals surface area contributed by atoms with Crippen molar-refractivity contribution in [3.8, 4) is 22.3 Å². The van der Waals surface area contributed by atoms with Gasteiger partial charge in [-0.05, 0) is 98.4 Å². The number of thiophene rings is 2. The lowest BCUT2D eigenvalue weighted by atomic mass is 9.98. The van der Waals surface area contributed by atoms with Gasteiger partial charge >= 0.3 is 0 Å². The first-order valence-electron chi connectivity index (χ1n) is 18.0. The van der Waals surface area contributed by atoms with Crippen LogP contribution in [0.5, 0.6) is 0 Å². The molecule has 0 aliphatic heterocycles. The zero-order valence-electron chi connectivity index (χ0n) is 28.7. The van der Waals surface area contributed by atoms with E-state index in [4.69, 9.17) is 0 Å². The van der Waals surface area contributed by atoms with Gasteiger partial charge in [-0.2, -0.15) is 0 Å². The van der Waals surface area contributed by atoms with Gasteiger partial charge < -0.3 is 4.90 Å². The smallest absolute Gasteiger partial charge is 0.0554 e. The fraction of sp³-hybridized carbons (Fsp3) is 0. The fourth-order valence-electron chi connectivity index (χ4n) is 8.12. The molecule has 0 fully saturated rings. The van der Waals surface area contributed by atoms with Gasteiger partial charge in [-0.25, -0.2) is 0 Å². The second-order valence-corrected chi connectivity index (χ2v) is 15.8. The summed E-state index contributed by atoms with van der Waals surface area (Å²) < 4.78 is 5.29. The molecule has 248 valence electrons. The van der Waals surface area contributed by atoms with Crippen LogP contribution < -0.4 is 4.90 Å². The van der Waals surface area contributed by atoms with Crippen molar-refractivity contribution in [3.05, 3.63) is 188 Å². The number of hydrogen-bond donors (Lipinski definition) is 0. The molecule has 1 nitrogen and oxygen atoms in total. The molecule has 0 amide bonds. The molecule has 0 spiro atoms. The molecule has 53 heavy (non-hydrogen) atoms. The highest BCUT2D eigenvalue weighted by molar-refractivity contribution is 7.26. The molecule has 11 rings (SSSR count). The van der Waals surface area contributed by atoms with E-state index in [1.807, 2.05) is 22.7 Å². The highest BCUT2D eigenvalue weighted by Crippen LogP contribution is 2.46. The van der Waals surface area contributed by atoms with Crippen molar-refractivity contribution in [3.63, 3.8) is 0 Å². The number of fused-ring (bicyclic) bond motifs is 9. The van der Waals surface area contributed by atoms with Gasteiger partial charge in [0.2, 0.25) is 0 Å². The third-order valence-corrected chi connectivity index (χ3v) is 13.0. The first-order valence-corrected chi connectivity index (χ1v) is 19.6. The monoisotopic (exact) mass is 709 g/mol. The SMILES string of the molecule is c1ccc2c(-c3ccc(N(c4ccc(-c5ccc6sc7c8ccccc8ccc7c6c5)cc4)c4cccc5sc6ccccc6c45)cc3)cccc2c1. The molecular weight excluding hydrogens is 679 g/mol. The Labute approximate surface area is 315 Å². The van der Waals surface area contributed by atoms with Crippen molar-refractivity contribution < 1.29 is 0 Å². The van der Waals surface area contributed by atoms with Gasteiger partial charge in [0, 0.05) is 51.7 Å². The van der Waals surface area contributed by atoms with E-state index >= 15 is 0 Å². The molecule has 0 unspecified atom stereocenters. The first-order chi connectivity index (χ1) is 26.3. The summed E-state index contributed by atoms with van der Waals surface area (Å²) in [6.07, 6.45) is 0. The third kappa shape index (κ3) is 4.97. The zero-order chi connectivity index (χ0) is 34.9. The Morgan fingerprint density at radius 3 is 1.75 bits per heavy atom. The minimum absolute atomic E-state index is 1.13. The molecule has 0 aliphatic carbocycles. The maximum atomic E-state index is 2.43. The molecule has 0 atom stereocenters. The van der Waals surface area contributed by atoms with E-state index in [0.717, 1.165) is 11.4 Å². The number of nitrogens with zero attached hydrogens (tertiary/aromatic N) is 1. The zero-order valence-corrected chi connectivity index (χ0v) is 30.3. The van der Waals surface area contributed by atoms with Gasteiger partial charge in [0.05, 0.1) is 5.69 Å². The van der Waals surface area contributed by atoms with Crippen LogP contribution in [0.1, 0.15) is 0 Å². The highest BCUT2D eigenvalue weighted by Gasteiger charge is 2.19. The second-order valence-electron chi connectivity index (χ2n) is 13.7. The Morgan fingerprint density at radius 1 is 0.340 bits per heavy atom. The number of rotatable bonds is 5. The fourth-order valence-corrected chi connectivity index (χ4v) is 10.5. The quantitative estimate of drug-likeness (QED) is 0.172. The van der Waals surface area contributed by atoms with E-state index in [2.05, 4.69) is 193 Å². The van der Waals surface area contributed by atoms with Crippen molar-refractivity contribution >= 4 is 102 Å². The minimum Gasteiger partial charge on any atom is -0.310 e. The van der Waals surface area contributed by atoms with Gasteiger partial charge in [0.1, 0.15) is 0 Å². The Morgan fingerprint density at radius 2 is 0.943 bits per heavy atom. The summed E-state index contributed by atoms with van der Waals surface area (Å²) in [7, 11) is 0.